The van der Waals surface area contributed by atoms with Crippen LogP contribution in [0.15, 0.2) is 60.2 Å². The van der Waals surface area contributed by atoms with Gasteiger partial charge in [-0.25, -0.2) is 4.79 Å². The van der Waals surface area contributed by atoms with E-state index in [4.69, 9.17) is 10.00 Å². The third kappa shape index (κ3) is 4.51. The van der Waals surface area contributed by atoms with Gasteiger partial charge in [0.15, 0.2) is 0 Å². The van der Waals surface area contributed by atoms with Crippen LogP contribution in [0.2, 0.25) is 0 Å². The number of nitriles is 1. The number of hydrogen-bond acceptors (Lipinski definition) is 5. The zero-order valence-corrected chi connectivity index (χ0v) is 12.0. The molecule has 0 aliphatic rings. The number of non-ortho nitro benzene ring substituents is 1. The monoisotopic (exact) mass is 308 g/mol. The SMILES string of the molecule is N#C/C(=C/c1ccc([N+](=O)[O-])cc1)C(=O)OCc1ccccc1. The number of carbonyl (C=O) groups excluding carboxylic acids is 1. The van der Waals surface area contributed by atoms with Gasteiger partial charge in [0.1, 0.15) is 18.2 Å². The third-order valence-electron chi connectivity index (χ3n) is 2.97. The number of ether oxygens (including phenoxy) is 1. The van der Waals surface area contributed by atoms with Crippen molar-refractivity contribution in [2.75, 3.05) is 0 Å². The van der Waals surface area contributed by atoms with Gasteiger partial charge >= 0.3 is 5.97 Å². The second-order valence-electron chi connectivity index (χ2n) is 4.58. The van der Waals surface area contributed by atoms with E-state index in [1.54, 1.807) is 18.2 Å². The molecule has 0 bridgehead atoms. The quantitative estimate of drug-likeness (QED) is 0.278. The molecule has 0 fully saturated rings. The molecule has 0 heterocycles. The minimum atomic E-state index is -0.741. The summed E-state index contributed by atoms with van der Waals surface area (Å²) in [5, 5.41) is 19.7. The van der Waals surface area contributed by atoms with E-state index in [0.717, 1.165) is 5.56 Å². The van der Waals surface area contributed by atoms with Crippen LogP contribution in [0.5, 0.6) is 0 Å². The van der Waals surface area contributed by atoms with Crippen LogP contribution in [0.1, 0.15) is 11.1 Å². The Hall–Kier alpha value is -3.46. The Kier molecular flexibility index (Phi) is 5.21. The summed E-state index contributed by atoms with van der Waals surface area (Å²) in [6, 6.07) is 16.4. The summed E-state index contributed by atoms with van der Waals surface area (Å²) in [7, 11) is 0. The summed E-state index contributed by atoms with van der Waals surface area (Å²) >= 11 is 0. The Labute approximate surface area is 132 Å². The van der Waals surface area contributed by atoms with Gasteiger partial charge < -0.3 is 4.74 Å². The second-order valence-corrected chi connectivity index (χ2v) is 4.58. The van der Waals surface area contributed by atoms with Crippen LogP contribution in [0.3, 0.4) is 0 Å². The molecule has 2 aromatic carbocycles. The summed E-state index contributed by atoms with van der Waals surface area (Å²) < 4.78 is 5.08. The molecule has 0 aliphatic heterocycles. The lowest BCUT2D eigenvalue weighted by Gasteiger charge is -2.04. The Morgan fingerprint density at radius 2 is 1.83 bits per heavy atom. The smallest absolute Gasteiger partial charge is 0.349 e. The molecule has 0 unspecified atom stereocenters. The number of esters is 1. The molecule has 0 atom stereocenters. The molecule has 114 valence electrons. The summed E-state index contributed by atoms with van der Waals surface area (Å²) in [6.07, 6.45) is 1.33. The third-order valence-corrected chi connectivity index (χ3v) is 2.97. The molecule has 23 heavy (non-hydrogen) atoms. The largest absolute Gasteiger partial charge is 0.457 e. The molecule has 0 saturated carbocycles. The van der Waals surface area contributed by atoms with Crippen molar-refractivity contribution >= 4 is 17.7 Å². The minimum Gasteiger partial charge on any atom is -0.457 e. The number of nitro benzene ring substituents is 1. The molecule has 0 N–H and O–H groups in total. The summed E-state index contributed by atoms with van der Waals surface area (Å²) in [6.45, 7) is 0.0684. The number of benzene rings is 2. The Morgan fingerprint density at radius 3 is 2.39 bits per heavy atom. The molecule has 0 radical (unpaired) electrons. The van der Waals surface area contributed by atoms with Crippen LogP contribution < -0.4 is 0 Å². The van der Waals surface area contributed by atoms with Gasteiger partial charge in [0, 0.05) is 12.1 Å². The predicted octanol–water partition coefficient (Wildman–Crippen LogP) is 3.25. The Morgan fingerprint density at radius 1 is 1.17 bits per heavy atom. The van der Waals surface area contributed by atoms with E-state index in [1.807, 2.05) is 18.2 Å². The van der Waals surface area contributed by atoms with Crippen LogP contribution in [-0.2, 0) is 16.1 Å². The predicted molar refractivity (Wildman–Crippen MR) is 82.9 cm³/mol. The number of rotatable bonds is 5. The number of hydrogen-bond donors (Lipinski definition) is 0. The highest BCUT2D eigenvalue weighted by molar-refractivity contribution is 5.97. The van der Waals surface area contributed by atoms with Gasteiger partial charge in [0.2, 0.25) is 0 Å². The molecule has 6 heteroatoms. The lowest BCUT2D eigenvalue weighted by atomic mass is 10.1. The highest BCUT2D eigenvalue weighted by Crippen LogP contribution is 2.15. The first-order valence-electron chi connectivity index (χ1n) is 6.67. The van der Waals surface area contributed by atoms with Crippen LogP contribution >= 0.6 is 0 Å². The normalized spacial score (nSPS) is 10.7. The molecular formula is C17H12N2O4. The second kappa shape index (κ2) is 7.52. The molecule has 0 amide bonds. The first-order valence-corrected chi connectivity index (χ1v) is 6.67. The van der Waals surface area contributed by atoms with Crippen molar-refractivity contribution in [1.82, 2.24) is 0 Å². The molecule has 0 saturated heterocycles. The summed E-state index contributed by atoms with van der Waals surface area (Å²) in [4.78, 5) is 22.0. The maximum Gasteiger partial charge on any atom is 0.349 e. The highest BCUT2D eigenvalue weighted by Gasteiger charge is 2.11. The van der Waals surface area contributed by atoms with Crippen molar-refractivity contribution in [2.24, 2.45) is 0 Å². The van der Waals surface area contributed by atoms with E-state index >= 15 is 0 Å². The van der Waals surface area contributed by atoms with E-state index in [9.17, 15) is 14.9 Å². The summed E-state index contributed by atoms with van der Waals surface area (Å²) in [5.41, 5.74) is 1.08. The fraction of sp³-hybridized carbons (Fsp3) is 0.0588. The van der Waals surface area contributed by atoms with Gasteiger partial charge in [-0.2, -0.15) is 5.26 Å². The molecule has 2 rings (SSSR count). The molecule has 2 aromatic rings. The topological polar surface area (TPSA) is 93.2 Å². The van der Waals surface area contributed by atoms with Crippen molar-refractivity contribution in [1.29, 1.82) is 5.26 Å². The van der Waals surface area contributed by atoms with Crippen molar-refractivity contribution in [3.63, 3.8) is 0 Å². The number of carbonyl (C=O) groups is 1. The van der Waals surface area contributed by atoms with Gasteiger partial charge in [-0.15, -0.1) is 0 Å². The van der Waals surface area contributed by atoms with E-state index in [0.29, 0.717) is 5.56 Å². The van der Waals surface area contributed by atoms with Crippen molar-refractivity contribution in [2.45, 2.75) is 6.61 Å². The van der Waals surface area contributed by atoms with E-state index < -0.39 is 10.9 Å². The standard InChI is InChI=1S/C17H12N2O4/c18-11-15(10-13-6-8-16(9-7-13)19(21)22)17(20)23-12-14-4-2-1-3-5-14/h1-10H,12H2/b15-10-. The average Bonchev–Trinajstić information content (AvgIpc) is 2.59. The van der Waals surface area contributed by atoms with E-state index in [2.05, 4.69) is 0 Å². The van der Waals surface area contributed by atoms with Crippen LogP contribution in [0, 0.1) is 21.4 Å². The molecule has 6 nitrogen and oxygen atoms in total. The molecule has 0 aliphatic carbocycles. The molecular weight excluding hydrogens is 296 g/mol. The fourth-order valence-electron chi connectivity index (χ4n) is 1.80. The van der Waals surface area contributed by atoms with Crippen molar-refractivity contribution < 1.29 is 14.5 Å². The van der Waals surface area contributed by atoms with Gasteiger partial charge in [-0.1, -0.05) is 30.3 Å². The van der Waals surface area contributed by atoms with Crippen molar-refractivity contribution in [3.8, 4) is 6.07 Å². The summed E-state index contributed by atoms with van der Waals surface area (Å²) in [5.74, 6) is -0.741. The molecule has 0 aromatic heterocycles. The molecule has 0 spiro atoms. The lowest BCUT2D eigenvalue weighted by molar-refractivity contribution is -0.384. The Bertz CT molecular complexity index is 774. The first kappa shape index (κ1) is 15.9. The number of nitro groups is 1. The van der Waals surface area contributed by atoms with Gasteiger partial charge in [0.25, 0.3) is 5.69 Å². The maximum atomic E-state index is 11.9. The Balaban J connectivity index is 2.07. The zero-order valence-electron chi connectivity index (χ0n) is 12.0. The van der Waals surface area contributed by atoms with E-state index in [-0.39, 0.29) is 17.9 Å². The fourth-order valence-corrected chi connectivity index (χ4v) is 1.80. The zero-order chi connectivity index (χ0) is 16.7. The maximum absolute atomic E-state index is 11.9. The first-order chi connectivity index (χ1) is 11.1. The van der Waals surface area contributed by atoms with Gasteiger partial charge in [0.05, 0.1) is 4.92 Å². The number of nitrogens with zero attached hydrogens (tertiary/aromatic N) is 2. The minimum absolute atomic E-state index is 0.0627. The van der Waals surface area contributed by atoms with Crippen molar-refractivity contribution in [3.05, 3.63) is 81.4 Å². The van der Waals surface area contributed by atoms with Crippen LogP contribution in [-0.4, -0.2) is 10.9 Å². The highest BCUT2D eigenvalue weighted by atomic mass is 16.6. The van der Waals surface area contributed by atoms with Gasteiger partial charge in [-0.05, 0) is 29.3 Å². The van der Waals surface area contributed by atoms with Crippen LogP contribution in [0.4, 0.5) is 5.69 Å². The van der Waals surface area contributed by atoms with Crippen LogP contribution in [0.25, 0.3) is 6.08 Å². The van der Waals surface area contributed by atoms with Gasteiger partial charge in [-0.3, -0.25) is 10.1 Å². The van der Waals surface area contributed by atoms with E-state index in [1.165, 1.54) is 30.3 Å². The lowest BCUT2D eigenvalue weighted by Crippen LogP contribution is -2.06. The average molecular weight is 308 g/mol.